The monoisotopic (exact) mass is 384 g/mol. The third-order valence-electron chi connectivity index (χ3n) is 3.70. The van der Waals surface area contributed by atoms with Crippen molar-refractivity contribution >= 4 is 41.2 Å². The van der Waals surface area contributed by atoms with Crippen molar-refractivity contribution in [3.63, 3.8) is 0 Å². The van der Waals surface area contributed by atoms with Crippen LogP contribution in [0.1, 0.15) is 29.5 Å². The zero-order valence-electron chi connectivity index (χ0n) is 14.4. The van der Waals surface area contributed by atoms with Crippen molar-refractivity contribution in [1.29, 1.82) is 0 Å². The minimum atomic E-state index is -0.586. The summed E-state index contributed by atoms with van der Waals surface area (Å²) in [6, 6.07) is 10.1. The van der Waals surface area contributed by atoms with Gasteiger partial charge in [-0.1, -0.05) is 19.1 Å². The number of benzene rings is 1. The Morgan fingerprint density at radius 3 is 2.41 bits per heavy atom. The summed E-state index contributed by atoms with van der Waals surface area (Å²) in [4.78, 5) is 35.5. The van der Waals surface area contributed by atoms with Crippen LogP contribution in [0.25, 0.3) is 17.4 Å². The SMILES string of the molecule is CCCOC(=O)c1ccc(-c2ccc(C=C3C(=O)NC(=S)NC3=O)o2)cc1. The summed E-state index contributed by atoms with van der Waals surface area (Å²) in [6.45, 7) is 2.30. The Balaban J connectivity index is 1.77. The molecular weight excluding hydrogens is 368 g/mol. The lowest BCUT2D eigenvalue weighted by Crippen LogP contribution is -2.51. The smallest absolute Gasteiger partial charge is 0.338 e. The van der Waals surface area contributed by atoms with Gasteiger partial charge < -0.3 is 9.15 Å². The van der Waals surface area contributed by atoms with Crippen LogP contribution < -0.4 is 10.6 Å². The first-order chi connectivity index (χ1) is 13.0. The van der Waals surface area contributed by atoms with E-state index in [0.717, 1.165) is 12.0 Å². The highest BCUT2D eigenvalue weighted by Crippen LogP contribution is 2.24. The quantitative estimate of drug-likeness (QED) is 0.356. The molecule has 2 heterocycles. The number of carbonyl (C=O) groups excluding carboxylic acids is 3. The Morgan fingerprint density at radius 1 is 1.11 bits per heavy atom. The first kappa shape index (κ1) is 18.5. The first-order valence-electron chi connectivity index (χ1n) is 8.23. The Labute approximate surface area is 160 Å². The summed E-state index contributed by atoms with van der Waals surface area (Å²) < 4.78 is 10.8. The van der Waals surface area contributed by atoms with Gasteiger partial charge in [-0.25, -0.2) is 4.79 Å². The molecule has 2 N–H and O–H groups in total. The molecule has 7 nitrogen and oxygen atoms in total. The van der Waals surface area contributed by atoms with Crippen LogP contribution in [0.3, 0.4) is 0 Å². The fraction of sp³-hybridized carbons (Fsp3) is 0.158. The average molecular weight is 384 g/mol. The number of esters is 1. The molecule has 1 aromatic carbocycles. The minimum absolute atomic E-state index is 0.0279. The van der Waals surface area contributed by atoms with Crippen LogP contribution in [0.2, 0.25) is 0 Å². The first-order valence-corrected chi connectivity index (χ1v) is 8.64. The van der Waals surface area contributed by atoms with Gasteiger partial charge in [0.25, 0.3) is 11.8 Å². The Kier molecular flexibility index (Phi) is 5.46. The van der Waals surface area contributed by atoms with E-state index in [1.807, 2.05) is 6.92 Å². The number of rotatable bonds is 5. The van der Waals surface area contributed by atoms with Crippen molar-refractivity contribution in [2.45, 2.75) is 13.3 Å². The van der Waals surface area contributed by atoms with Gasteiger partial charge in [0.15, 0.2) is 5.11 Å². The minimum Gasteiger partial charge on any atom is -0.462 e. The number of nitrogens with one attached hydrogen (secondary N) is 2. The molecule has 3 rings (SSSR count). The van der Waals surface area contributed by atoms with Crippen LogP contribution >= 0.6 is 12.2 Å². The van der Waals surface area contributed by atoms with Gasteiger partial charge in [0.2, 0.25) is 0 Å². The molecule has 0 unspecified atom stereocenters. The van der Waals surface area contributed by atoms with Gasteiger partial charge in [-0.05, 0) is 49.0 Å². The number of thiocarbonyl (C=S) groups is 1. The molecule has 1 fully saturated rings. The van der Waals surface area contributed by atoms with Gasteiger partial charge >= 0.3 is 5.97 Å². The van der Waals surface area contributed by atoms with Gasteiger partial charge in [0.05, 0.1) is 12.2 Å². The maximum absolute atomic E-state index is 11.9. The third-order valence-corrected chi connectivity index (χ3v) is 3.90. The molecule has 0 saturated carbocycles. The van der Waals surface area contributed by atoms with E-state index in [-0.39, 0.29) is 16.7 Å². The van der Waals surface area contributed by atoms with Gasteiger partial charge in [-0.2, -0.15) is 0 Å². The molecule has 1 aromatic heterocycles. The Morgan fingerprint density at radius 2 is 1.78 bits per heavy atom. The van der Waals surface area contributed by atoms with Crippen molar-refractivity contribution in [3.8, 4) is 11.3 Å². The van der Waals surface area contributed by atoms with Gasteiger partial charge in [-0.3, -0.25) is 20.2 Å². The van der Waals surface area contributed by atoms with Crippen molar-refractivity contribution < 1.29 is 23.5 Å². The largest absolute Gasteiger partial charge is 0.462 e. The highest BCUT2D eigenvalue weighted by atomic mass is 32.1. The lowest BCUT2D eigenvalue weighted by molar-refractivity contribution is -0.123. The Bertz CT molecular complexity index is 921. The summed E-state index contributed by atoms with van der Waals surface area (Å²) in [7, 11) is 0. The lowest BCUT2D eigenvalue weighted by atomic mass is 10.1. The molecule has 0 bridgehead atoms. The van der Waals surface area contributed by atoms with Crippen LogP contribution in [-0.2, 0) is 14.3 Å². The highest BCUT2D eigenvalue weighted by molar-refractivity contribution is 7.80. The second-order valence-electron chi connectivity index (χ2n) is 5.71. The van der Waals surface area contributed by atoms with Crippen molar-refractivity contribution in [2.75, 3.05) is 6.61 Å². The molecule has 27 heavy (non-hydrogen) atoms. The molecule has 138 valence electrons. The second-order valence-corrected chi connectivity index (χ2v) is 6.12. The number of amides is 2. The van der Waals surface area contributed by atoms with Crippen molar-refractivity contribution in [3.05, 3.63) is 53.3 Å². The van der Waals surface area contributed by atoms with E-state index in [9.17, 15) is 14.4 Å². The zero-order valence-corrected chi connectivity index (χ0v) is 15.2. The van der Waals surface area contributed by atoms with E-state index < -0.39 is 11.8 Å². The van der Waals surface area contributed by atoms with Gasteiger partial charge in [0.1, 0.15) is 17.1 Å². The number of ether oxygens (including phenoxy) is 1. The number of carbonyl (C=O) groups is 3. The molecule has 2 aromatic rings. The number of furan rings is 1. The van der Waals surface area contributed by atoms with Crippen LogP contribution in [-0.4, -0.2) is 29.5 Å². The molecule has 1 aliphatic rings. The zero-order chi connectivity index (χ0) is 19.4. The standard InChI is InChI=1S/C19H16N2O5S/c1-2-9-25-18(24)12-5-3-11(4-6-12)15-8-7-13(26-15)10-14-16(22)20-19(27)21-17(14)23/h3-8,10H,2,9H2,1H3,(H2,20,21,22,23,27). The third kappa shape index (κ3) is 4.29. The van der Waals surface area contributed by atoms with E-state index in [1.54, 1.807) is 36.4 Å². The van der Waals surface area contributed by atoms with E-state index in [1.165, 1.54) is 6.08 Å². The van der Waals surface area contributed by atoms with Crippen LogP contribution in [0.5, 0.6) is 0 Å². The summed E-state index contributed by atoms with van der Waals surface area (Å²) >= 11 is 4.75. The van der Waals surface area contributed by atoms with Crippen molar-refractivity contribution in [2.24, 2.45) is 0 Å². The molecule has 0 atom stereocenters. The summed E-state index contributed by atoms with van der Waals surface area (Å²) in [6.07, 6.45) is 2.10. The predicted molar refractivity (Wildman–Crippen MR) is 102 cm³/mol. The number of hydrogen-bond donors (Lipinski definition) is 2. The topological polar surface area (TPSA) is 97.6 Å². The molecule has 0 aliphatic carbocycles. The van der Waals surface area contributed by atoms with Crippen molar-refractivity contribution in [1.82, 2.24) is 10.6 Å². The molecule has 8 heteroatoms. The van der Waals surface area contributed by atoms with E-state index in [0.29, 0.717) is 23.7 Å². The van der Waals surface area contributed by atoms with Gasteiger partial charge in [-0.15, -0.1) is 0 Å². The highest BCUT2D eigenvalue weighted by Gasteiger charge is 2.26. The molecule has 1 saturated heterocycles. The lowest BCUT2D eigenvalue weighted by Gasteiger charge is -2.15. The fourth-order valence-corrected chi connectivity index (χ4v) is 2.57. The van der Waals surface area contributed by atoms with E-state index in [4.69, 9.17) is 21.4 Å². The second kappa shape index (κ2) is 7.96. The summed E-state index contributed by atoms with van der Waals surface area (Å²) in [5.74, 6) is -0.680. The van der Waals surface area contributed by atoms with E-state index in [2.05, 4.69) is 10.6 Å². The van der Waals surface area contributed by atoms with Crippen LogP contribution in [0.4, 0.5) is 0 Å². The van der Waals surface area contributed by atoms with Crippen LogP contribution in [0, 0.1) is 0 Å². The van der Waals surface area contributed by atoms with Crippen LogP contribution in [0.15, 0.2) is 46.4 Å². The fourth-order valence-electron chi connectivity index (χ4n) is 2.38. The average Bonchev–Trinajstić information content (AvgIpc) is 3.11. The maximum Gasteiger partial charge on any atom is 0.338 e. The maximum atomic E-state index is 11.9. The number of hydrogen-bond acceptors (Lipinski definition) is 6. The molecule has 1 aliphatic heterocycles. The normalized spacial score (nSPS) is 13.8. The van der Waals surface area contributed by atoms with E-state index >= 15 is 0 Å². The molecule has 0 radical (unpaired) electrons. The summed E-state index contributed by atoms with van der Waals surface area (Å²) in [5, 5.41) is 4.69. The molecular formula is C19H16N2O5S. The van der Waals surface area contributed by atoms with Gasteiger partial charge in [0, 0.05) is 5.56 Å². The summed E-state index contributed by atoms with van der Waals surface area (Å²) in [5.41, 5.74) is 1.09. The predicted octanol–water partition coefficient (Wildman–Crippen LogP) is 2.43. The Hall–Kier alpha value is -3.26. The molecule has 2 amide bonds. The molecule has 0 spiro atoms.